The molecule has 1 aliphatic heterocycles. The van der Waals surface area contributed by atoms with E-state index in [1.165, 1.54) is 6.92 Å². The van der Waals surface area contributed by atoms with Gasteiger partial charge in [0.2, 0.25) is 0 Å². The summed E-state index contributed by atoms with van der Waals surface area (Å²) in [5.74, 6) is -0.349. The first-order valence-corrected chi connectivity index (χ1v) is 9.00. The van der Waals surface area contributed by atoms with Gasteiger partial charge in [0.1, 0.15) is 5.76 Å². The Morgan fingerprint density at radius 3 is 2.61 bits per heavy atom. The summed E-state index contributed by atoms with van der Waals surface area (Å²) in [4.78, 5) is 26.3. The number of carbonyl (C=O) groups excluding carboxylic acids is 2. The number of hydrogen-bond acceptors (Lipinski definition) is 8. The lowest BCUT2D eigenvalue weighted by molar-refractivity contribution is -0.155. The lowest BCUT2D eigenvalue weighted by atomic mass is 10.2. The minimum absolute atomic E-state index is 0.187. The molecule has 1 aromatic carbocycles. The number of anilines is 2. The minimum Gasteiger partial charge on any atom is -0.463 e. The predicted octanol–water partition coefficient (Wildman–Crippen LogP) is 1.77. The second-order valence-electron chi connectivity index (χ2n) is 6.33. The molecule has 1 saturated heterocycles. The number of aryl methyl sites for hydroxylation is 1. The topological polar surface area (TPSA) is 103 Å². The maximum atomic E-state index is 12.2. The average Bonchev–Trinajstić information content (AvgIpc) is 3.13. The van der Waals surface area contributed by atoms with Crippen molar-refractivity contribution in [3.8, 4) is 5.88 Å². The standard InChI is InChI=1S/C19H23N3O6/c1-13-11-17(21-28-13)26-12-18(23)27-14(2)19(24)20-15-3-5-16(6-4-15)22-7-9-25-10-8-22/h3-6,11,14H,7-10,12H2,1-2H3,(H,20,24)/t14-/m1/s1. The lowest BCUT2D eigenvalue weighted by Gasteiger charge is -2.28. The van der Waals surface area contributed by atoms with Gasteiger partial charge in [0.15, 0.2) is 12.7 Å². The van der Waals surface area contributed by atoms with Crippen molar-refractivity contribution in [2.24, 2.45) is 0 Å². The fourth-order valence-corrected chi connectivity index (χ4v) is 2.65. The number of rotatable bonds is 7. The highest BCUT2D eigenvalue weighted by atomic mass is 16.6. The molecule has 1 amide bonds. The molecule has 1 fully saturated rings. The highest BCUT2D eigenvalue weighted by Gasteiger charge is 2.19. The molecule has 0 aliphatic carbocycles. The van der Waals surface area contributed by atoms with Crippen molar-refractivity contribution >= 4 is 23.3 Å². The van der Waals surface area contributed by atoms with Crippen molar-refractivity contribution in [1.82, 2.24) is 5.16 Å². The fourth-order valence-electron chi connectivity index (χ4n) is 2.65. The molecule has 3 rings (SSSR count). The fraction of sp³-hybridized carbons (Fsp3) is 0.421. The van der Waals surface area contributed by atoms with Crippen molar-refractivity contribution in [2.75, 3.05) is 43.1 Å². The van der Waals surface area contributed by atoms with Gasteiger partial charge in [-0.05, 0) is 43.3 Å². The van der Waals surface area contributed by atoms with E-state index in [2.05, 4.69) is 15.4 Å². The quantitative estimate of drug-likeness (QED) is 0.715. The highest BCUT2D eigenvalue weighted by Crippen LogP contribution is 2.19. The van der Waals surface area contributed by atoms with Gasteiger partial charge in [0, 0.05) is 30.5 Å². The first-order valence-electron chi connectivity index (χ1n) is 9.00. The average molecular weight is 389 g/mol. The van der Waals surface area contributed by atoms with E-state index in [1.807, 2.05) is 24.3 Å². The number of aromatic nitrogens is 1. The van der Waals surface area contributed by atoms with Gasteiger partial charge >= 0.3 is 5.97 Å². The molecule has 2 heterocycles. The normalized spacial score (nSPS) is 15.0. The largest absolute Gasteiger partial charge is 0.463 e. The molecule has 9 nitrogen and oxygen atoms in total. The van der Waals surface area contributed by atoms with E-state index < -0.39 is 18.0 Å². The smallest absolute Gasteiger partial charge is 0.345 e. The van der Waals surface area contributed by atoms with Crippen LogP contribution in [0.4, 0.5) is 11.4 Å². The number of nitrogens with zero attached hydrogens (tertiary/aromatic N) is 2. The van der Waals surface area contributed by atoms with Crippen LogP contribution in [0.25, 0.3) is 0 Å². The molecule has 2 aromatic rings. The van der Waals surface area contributed by atoms with Crippen LogP contribution in [0.15, 0.2) is 34.9 Å². The summed E-state index contributed by atoms with van der Waals surface area (Å²) < 4.78 is 20.4. The number of esters is 1. The predicted molar refractivity (Wildman–Crippen MR) is 100 cm³/mol. The third kappa shape index (κ3) is 5.46. The van der Waals surface area contributed by atoms with E-state index >= 15 is 0 Å². The Bertz CT molecular complexity index is 798. The van der Waals surface area contributed by atoms with Crippen LogP contribution in [0.1, 0.15) is 12.7 Å². The number of nitrogens with one attached hydrogen (secondary N) is 1. The summed E-state index contributed by atoms with van der Waals surface area (Å²) in [7, 11) is 0. The van der Waals surface area contributed by atoms with Crippen molar-refractivity contribution in [3.63, 3.8) is 0 Å². The Morgan fingerprint density at radius 2 is 1.96 bits per heavy atom. The lowest BCUT2D eigenvalue weighted by Crippen LogP contribution is -2.36. The zero-order chi connectivity index (χ0) is 19.9. The van der Waals surface area contributed by atoms with E-state index in [4.69, 9.17) is 18.7 Å². The Morgan fingerprint density at radius 1 is 1.25 bits per heavy atom. The van der Waals surface area contributed by atoms with Gasteiger partial charge in [-0.15, -0.1) is 0 Å². The summed E-state index contributed by atoms with van der Waals surface area (Å²) in [6.07, 6.45) is -0.964. The minimum atomic E-state index is -0.964. The van der Waals surface area contributed by atoms with E-state index in [0.29, 0.717) is 24.7 Å². The van der Waals surface area contributed by atoms with E-state index in [0.717, 1.165) is 18.8 Å². The van der Waals surface area contributed by atoms with Crippen LogP contribution in [0.3, 0.4) is 0 Å². The van der Waals surface area contributed by atoms with Gasteiger partial charge in [0.25, 0.3) is 11.8 Å². The van der Waals surface area contributed by atoms with Crippen molar-refractivity contribution in [3.05, 3.63) is 36.1 Å². The van der Waals surface area contributed by atoms with Gasteiger partial charge in [-0.3, -0.25) is 4.79 Å². The summed E-state index contributed by atoms with van der Waals surface area (Å²) in [6.45, 7) is 5.94. The maximum absolute atomic E-state index is 12.2. The van der Waals surface area contributed by atoms with Gasteiger partial charge in [0.05, 0.1) is 13.2 Å². The van der Waals surface area contributed by atoms with E-state index in [9.17, 15) is 9.59 Å². The SMILES string of the molecule is Cc1cc(OCC(=O)O[C@H](C)C(=O)Nc2ccc(N3CCOCC3)cc2)no1. The van der Waals surface area contributed by atoms with Crippen LogP contribution in [0.5, 0.6) is 5.88 Å². The summed E-state index contributed by atoms with van der Waals surface area (Å²) in [5.41, 5.74) is 1.69. The summed E-state index contributed by atoms with van der Waals surface area (Å²) in [5, 5.41) is 6.33. The molecule has 0 saturated carbocycles. The number of amides is 1. The summed E-state index contributed by atoms with van der Waals surface area (Å²) >= 11 is 0. The van der Waals surface area contributed by atoms with Gasteiger partial charge in [-0.2, -0.15) is 0 Å². The van der Waals surface area contributed by atoms with Gasteiger partial charge < -0.3 is 29.0 Å². The molecule has 0 unspecified atom stereocenters. The second kappa shape index (κ2) is 9.23. The maximum Gasteiger partial charge on any atom is 0.345 e. The first kappa shape index (κ1) is 19.7. The van der Waals surface area contributed by atoms with Crippen LogP contribution in [0, 0.1) is 6.92 Å². The molecule has 0 bridgehead atoms. The molecule has 1 N–H and O–H groups in total. The third-order valence-corrected chi connectivity index (χ3v) is 4.13. The van der Waals surface area contributed by atoms with Crippen molar-refractivity contribution < 1.29 is 28.3 Å². The molecular formula is C19H23N3O6. The number of ether oxygens (including phenoxy) is 3. The molecule has 1 atom stereocenters. The monoisotopic (exact) mass is 389 g/mol. The zero-order valence-electron chi connectivity index (χ0n) is 15.8. The molecule has 0 radical (unpaired) electrons. The number of benzene rings is 1. The van der Waals surface area contributed by atoms with Gasteiger partial charge in [-0.1, -0.05) is 0 Å². The molecule has 1 aliphatic rings. The molecule has 28 heavy (non-hydrogen) atoms. The second-order valence-corrected chi connectivity index (χ2v) is 6.33. The van der Waals surface area contributed by atoms with E-state index in [-0.39, 0.29) is 12.5 Å². The van der Waals surface area contributed by atoms with Crippen molar-refractivity contribution in [1.29, 1.82) is 0 Å². The third-order valence-electron chi connectivity index (χ3n) is 4.13. The van der Waals surface area contributed by atoms with Crippen molar-refractivity contribution in [2.45, 2.75) is 20.0 Å². The Labute approximate surface area is 162 Å². The van der Waals surface area contributed by atoms with Gasteiger partial charge in [-0.25, -0.2) is 4.79 Å². The highest BCUT2D eigenvalue weighted by molar-refractivity contribution is 5.95. The van der Waals surface area contributed by atoms with Crippen LogP contribution in [-0.4, -0.2) is 56.0 Å². The number of carbonyl (C=O) groups is 2. The number of morpholine rings is 1. The Hall–Kier alpha value is -3.07. The van der Waals surface area contributed by atoms with Crippen LogP contribution in [-0.2, 0) is 19.1 Å². The molecule has 150 valence electrons. The first-order chi connectivity index (χ1) is 13.5. The Balaban J connectivity index is 1.44. The zero-order valence-corrected chi connectivity index (χ0v) is 15.8. The van der Waals surface area contributed by atoms with Crippen LogP contribution in [0.2, 0.25) is 0 Å². The molecule has 1 aromatic heterocycles. The van der Waals surface area contributed by atoms with E-state index in [1.54, 1.807) is 13.0 Å². The number of hydrogen-bond donors (Lipinski definition) is 1. The molecule has 0 spiro atoms. The molecule has 9 heteroatoms. The van der Waals surface area contributed by atoms with Crippen LogP contribution < -0.4 is 15.0 Å². The van der Waals surface area contributed by atoms with Crippen LogP contribution >= 0.6 is 0 Å². The molecular weight excluding hydrogens is 366 g/mol. The Kier molecular flexibility index (Phi) is 6.49. The summed E-state index contributed by atoms with van der Waals surface area (Å²) in [6, 6.07) is 9.04.